The molecule has 7 heteroatoms. The summed E-state index contributed by atoms with van der Waals surface area (Å²) >= 11 is 0. The summed E-state index contributed by atoms with van der Waals surface area (Å²) < 4.78 is 12.9. The Kier molecular flexibility index (Phi) is 3.47. The lowest BCUT2D eigenvalue weighted by Gasteiger charge is -2.15. The highest BCUT2D eigenvalue weighted by atomic mass is 31.2. The van der Waals surface area contributed by atoms with Gasteiger partial charge in [-0.1, -0.05) is 24.3 Å². The smallest absolute Gasteiger partial charge is 0.235 e. The van der Waals surface area contributed by atoms with E-state index in [0.717, 1.165) is 0 Å². The molecule has 19 heavy (non-hydrogen) atoms. The van der Waals surface area contributed by atoms with Crippen molar-refractivity contribution in [3.05, 3.63) is 59.0 Å². The maximum atomic E-state index is 12.9. The first-order valence-electron chi connectivity index (χ1n) is 5.33. The van der Waals surface area contributed by atoms with E-state index in [-0.39, 0.29) is 22.1 Å². The fraction of sp³-hybridized carbons (Fsp3) is 0. The van der Waals surface area contributed by atoms with Crippen LogP contribution in [-0.4, -0.2) is 10.2 Å². The molecule has 96 valence electrons. The van der Waals surface area contributed by atoms with E-state index in [0.29, 0.717) is 0 Å². The molecule has 0 bridgehead atoms. The number of rotatable bonds is 3. The lowest BCUT2D eigenvalue weighted by atomic mass is 10.3. The molecule has 0 aromatic heterocycles. The highest BCUT2D eigenvalue weighted by Crippen LogP contribution is 2.49. The van der Waals surface area contributed by atoms with Crippen molar-refractivity contribution in [2.75, 3.05) is 0 Å². The number of phenols is 2. The van der Waals surface area contributed by atoms with Crippen LogP contribution >= 0.6 is 7.29 Å². The molecule has 2 rings (SSSR count). The molecule has 0 aliphatic heterocycles. The van der Waals surface area contributed by atoms with Crippen LogP contribution in [0.2, 0.25) is 0 Å². The van der Waals surface area contributed by atoms with E-state index in [9.17, 15) is 14.8 Å². The predicted molar refractivity (Wildman–Crippen MR) is 72.2 cm³/mol. The van der Waals surface area contributed by atoms with Crippen LogP contribution in [0.1, 0.15) is 0 Å². The van der Waals surface area contributed by atoms with Gasteiger partial charge in [-0.25, -0.2) is 0 Å². The zero-order valence-corrected chi connectivity index (χ0v) is 10.6. The van der Waals surface area contributed by atoms with Gasteiger partial charge in [0.1, 0.15) is 11.5 Å². The lowest BCUT2D eigenvalue weighted by molar-refractivity contribution is 0.477. The molecule has 0 spiro atoms. The summed E-state index contributed by atoms with van der Waals surface area (Å²) in [6.45, 7) is 0. The van der Waals surface area contributed by atoms with Crippen LogP contribution in [-0.2, 0) is 4.57 Å². The van der Waals surface area contributed by atoms with Crippen molar-refractivity contribution in [2.24, 2.45) is 4.88 Å². The molecular formula is C12H10N3O3P. The number of aromatic hydroxyl groups is 2. The molecule has 0 aliphatic rings. The molecule has 0 aliphatic carbocycles. The molecule has 0 saturated carbocycles. The van der Waals surface area contributed by atoms with Crippen LogP contribution in [0.15, 0.2) is 53.4 Å². The van der Waals surface area contributed by atoms with Gasteiger partial charge in [0.15, 0.2) is 0 Å². The number of hydrogen-bond acceptors (Lipinski definition) is 3. The summed E-state index contributed by atoms with van der Waals surface area (Å²) in [4.78, 5) is 5.92. The third-order valence-electron chi connectivity index (χ3n) is 2.58. The van der Waals surface area contributed by atoms with Gasteiger partial charge in [0, 0.05) is 4.91 Å². The third-order valence-corrected chi connectivity index (χ3v) is 4.98. The summed E-state index contributed by atoms with van der Waals surface area (Å²) in [6.07, 6.45) is 0. The van der Waals surface area contributed by atoms with Crippen LogP contribution < -0.4 is 10.6 Å². The number of nitrogens with zero attached hydrogens (tertiary/aromatic N) is 3. The highest BCUT2D eigenvalue weighted by molar-refractivity contribution is 7.77. The van der Waals surface area contributed by atoms with Crippen molar-refractivity contribution in [1.82, 2.24) is 0 Å². The largest absolute Gasteiger partial charge is 0.507 e. The minimum absolute atomic E-state index is 0.00528. The molecule has 0 unspecified atom stereocenters. The first-order chi connectivity index (χ1) is 9.09. The van der Waals surface area contributed by atoms with Gasteiger partial charge in [-0.2, -0.15) is 0 Å². The number of para-hydroxylation sites is 2. The van der Waals surface area contributed by atoms with Gasteiger partial charge in [-0.05, 0) is 34.7 Å². The zero-order valence-electron chi connectivity index (χ0n) is 9.71. The fourth-order valence-corrected chi connectivity index (χ4v) is 3.63. The van der Waals surface area contributed by atoms with E-state index in [1.165, 1.54) is 24.3 Å². The molecule has 0 amide bonds. The van der Waals surface area contributed by atoms with E-state index < -0.39 is 7.29 Å². The van der Waals surface area contributed by atoms with Gasteiger partial charge < -0.3 is 14.8 Å². The van der Waals surface area contributed by atoms with E-state index >= 15 is 0 Å². The van der Waals surface area contributed by atoms with E-state index in [2.05, 4.69) is 9.80 Å². The number of phenolic OH excluding ortho intramolecular Hbond substituents is 2. The van der Waals surface area contributed by atoms with Crippen LogP contribution in [0.5, 0.6) is 11.5 Å². The molecule has 0 heterocycles. The Labute approximate surface area is 109 Å². The number of benzene rings is 2. The molecule has 0 saturated heterocycles. The SMILES string of the molecule is [N-]=[N+]=NP(=O)(c1ccccc1O)c1ccccc1O. The zero-order chi connectivity index (χ0) is 13.9. The Morgan fingerprint density at radius 2 is 1.37 bits per heavy atom. The molecule has 2 aromatic carbocycles. The Hall–Kier alpha value is -2.42. The van der Waals surface area contributed by atoms with Crippen LogP contribution in [0, 0.1) is 0 Å². The summed E-state index contributed by atoms with van der Waals surface area (Å²) in [5.41, 5.74) is 8.63. The Morgan fingerprint density at radius 3 is 1.74 bits per heavy atom. The van der Waals surface area contributed by atoms with E-state index in [1.807, 2.05) is 0 Å². The predicted octanol–water partition coefficient (Wildman–Crippen LogP) is 2.64. The van der Waals surface area contributed by atoms with E-state index in [4.69, 9.17) is 5.53 Å². The molecule has 0 fully saturated rings. The number of hydrogen-bond donors (Lipinski definition) is 2. The third kappa shape index (κ3) is 2.27. The van der Waals surface area contributed by atoms with Crippen LogP contribution in [0.4, 0.5) is 0 Å². The first kappa shape index (κ1) is 13.0. The summed E-state index contributed by atoms with van der Waals surface area (Å²) in [5.74, 6) is -0.497. The van der Waals surface area contributed by atoms with Gasteiger partial charge >= 0.3 is 0 Å². The standard InChI is InChI=1S/C12H10N3O3P/c13-14-15-19(18,11-7-3-1-5-9(11)16)12-8-4-2-6-10(12)17/h1-8,16-17H. The van der Waals surface area contributed by atoms with Gasteiger partial charge in [0.2, 0.25) is 7.29 Å². The molecular weight excluding hydrogens is 265 g/mol. The van der Waals surface area contributed by atoms with Crippen molar-refractivity contribution in [2.45, 2.75) is 0 Å². The van der Waals surface area contributed by atoms with Gasteiger partial charge in [0.05, 0.1) is 10.6 Å². The molecule has 6 nitrogen and oxygen atoms in total. The normalized spacial score (nSPS) is 10.7. The van der Waals surface area contributed by atoms with Gasteiger partial charge in [-0.3, -0.25) is 0 Å². The first-order valence-corrected chi connectivity index (χ1v) is 6.99. The minimum atomic E-state index is -3.79. The van der Waals surface area contributed by atoms with Crippen molar-refractivity contribution >= 4 is 17.9 Å². The number of azide groups is 1. The fourth-order valence-electron chi connectivity index (χ4n) is 1.72. The second kappa shape index (κ2) is 5.06. The Balaban J connectivity index is 2.77. The summed E-state index contributed by atoms with van der Waals surface area (Å²) in [5, 5.41) is 19.6. The summed E-state index contributed by atoms with van der Waals surface area (Å²) in [6, 6.07) is 11.7. The van der Waals surface area contributed by atoms with Crippen molar-refractivity contribution in [3.63, 3.8) is 0 Å². The van der Waals surface area contributed by atoms with Crippen LogP contribution in [0.25, 0.3) is 10.4 Å². The second-order valence-electron chi connectivity index (χ2n) is 3.73. The maximum Gasteiger partial charge on any atom is 0.235 e. The lowest BCUT2D eigenvalue weighted by Crippen LogP contribution is -2.14. The quantitative estimate of drug-likeness (QED) is 0.389. The van der Waals surface area contributed by atoms with E-state index in [1.54, 1.807) is 24.3 Å². The molecule has 0 atom stereocenters. The Bertz CT molecular complexity index is 661. The molecule has 2 N–H and O–H groups in total. The van der Waals surface area contributed by atoms with Crippen molar-refractivity contribution in [3.8, 4) is 11.5 Å². The maximum absolute atomic E-state index is 12.9. The topological polar surface area (TPSA) is 106 Å². The monoisotopic (exact) mass is 275 g/mol. The average Bonchev–Trinajstić information content (AvgIpc) is 2.39. The Morgan fingerprint density at radius 1 is 0.947 bits per heavy atom. The van der Waals surface area contributed by atoms with Crippen molar-refractivity contribution < 1.29 is 14.8 Å². The molecule has 0 radical (unpaired) electrons. The van der Waals surface area contributed by atoms with Crippen molar-refractivity contribution in [1.29, 1.82) is 0 Å². The van der Waals surface area contributed by atoms with Crippen LogP contribution in [0.3, 0.4) is 0 Å². The highest BCUT2D eigenvalue weighted by Gasteiger charge is 2.31. The van der Waals surface area contributed by atoms with Gasteiger partial charge in [0.25, 0.3) is 0 Å². The average molecular weight is 275 g/mol. The van der Waals surface area contributed by atoms with Gasteiger partial charge in [-0.15, -0.1) is 0 Å². The summed E-state index contributed by atoms with van der Waals surface area (Å²) in [7, 11) is -3.79. The second-order valence-corrected chi connectivity index (χ2v) is 6.03. The molecule has 2 aromatic rings. The minimum Gasteiger partial charge on any atom is -0.507 e.